The molecule has 4 rings (SSSR count). The number of nitrogens with one attached hydrogen (secondary N) is 1. The van der Waals surface area contributed by atoms with E-state index in [9.17, 15) is 9.59 Å². The Morgan fingerprint density at radius 1 is 1.00 bits per heavy atom. The first kappa shape index (κ1) is 19.7. The maximum atomic E-state index is 13.1. The van der Waals surface area contributed by atoms with E-state index >= 15 is 0 Å². The average molecular weight is 420 g/mol. The standard InChI is InChI=1S/C22H21N5O2S/c1-15-9-11-16(12-10-15)13-14-18-19(30-21(23-18)25(2)3)27-22(29)26(20(28)24-27)17-7-5-4-6-8-17/h4-14H,1-3H3,(H,24,28)/b14-13+. The van der Waals surface area contributed by atoms with Gasteiger partial charge in [0.25, 0.3) is 0 Å². The molecule has 1 N–H and O–H groups in total. The van der Waals surface area contributed by atoms with Gasteiger partial charge in [-0.2, -0.15) is 4.68 Å². The van der Waals surface area contributed by atoms with Gasteiger partial charge in [0.15, 0.2) is 5.13 Å². The summed E-state index contributed by atoms with van der Waals surface area (Å²) in [6, 6.07) is 16.9. The summed E-state index contributed by atoms with van der Waals surface area (Å²) in [5, 5.41) is 3.94. The largest absolute Gasteiger partial charge is 0.357 e. The highest BCUT2D eigenvalue weighted by atomic mass is 32.1. The lowest BCUT2D eigenvalue weighted by Gasteiger charge is -2.04. The SMILES string of the molecule is Cc1ccc(/C=C/c2nc(N(C)C)sc2-n2[nH]c(=O)n(-c3ccccc3)c2=O)cc1. The van der Waals surface area contributed by atoms with E-state index in [1.807, 2.05) is 68.4 Å². The van der Waals surface area contributed by atoms with Crippen molar-refractivity contribution in [2.45, 2.75) is 6.92 Å². The molecule has 0 spiro atoms. The molecule has 152 valence electrons. The first-order valence-electron chi connectivity index (χ1n) is 9.37. The minimum absolute atomic E-state index is 0.467. The molecule has 0 bridgehead atoms. The van der Waals surface area contributed by atoms with Crippen molar-refractivity contribution < 1.29 is 0 Å². The highest BCUT2D eigenvalue weighted by molar-refractivity contribution is 7.18. The number of hydrogen-bond acceptors (Lipinski definition) is 5. The first-order chi connectivity index (χ1) is 14.4. The Balaban J connectivity index is 1.82. The zero-order valence-electron chi connectivity index (χ0n) is 16.9. The summed E-state index contributed by atoms with van der Waals surface area (Å²) in [4.78, 5) is 32.1. The van der Waals surface area contributed by atoms with E-state index in [1.54, 1.807) is 24.3 Å². The zero-order chi connectivity index (χ0) is 21.3. The molecule has 2 aromatic heterocycles. The van der Waals surface area contributed by atoms with Crippen LogP contribution in [-0.4, -0.2) is 33.4 Å². The average Bonchev–Trinajstić information content (AvgIpc) is 3.29. The van der Waals surface area contributed by atoms with E-state index in [2.05, 4.69) is 10.1 Å². The molecule has 0 radical (unpaired) electrons. The Hall–Kier alpha value is -3.65. The molecule has 0 aliphatic heterocycles. The predicted octanol–water partition coefficient (Wildman–Crippen LogP) is 3.32. The van der Waals surface area contributed by atoms with Gasteiger partial charge in [0.1, 0.15) is 10.7 Å². The number of H-pyrrole nitrogens is 1. The van der Waals surface area contributed by atoms with Crippen LogP contribution < -0.4 is 16.3 Å². The second-order valence-electron chi connectivity index (χ2n) is 7.03. The van der Waals surface area contributed by atoms with E-state index in [-0.39, 0.29) is 0 Å². The number of aromatic nitrogens is 4. The molecular formula is C22H21N5O2S. The molecule has 0 aliphatic carbocycles. The van der Waals surface area contributed by atoms with Crippen LogP contribution in [0.3, 0.4) is 0 Å². The summed E-state index contributed by atoms with van der Waals surface area (Å²) >= 11 is 1.33. The van der Waals surface area contributed by atoms with Gasteiger partial charge in [0.05, 0.1) is 5.69 Å². The number of nitrogens with zero attached hydrogens (tertiary/aromatic N) is 4. The highest BCUT2D eigenvalue weighted by Crippen LogP contribution is 2.28. The van der Waals surface area contributed by atoms with Crippen molar-refractivity contribution in [1.82, 2.24) is 19.3 Å². The second kappa shape index (κ2) is 8.00. The van der Waals surface area contributed by atoms with Gasteiger partial charge >= 0.3 is 11.4 Å². The highest BCUT2D eigenvalue weighted by Gasteiger charge is 2.18. The van der Waals surface area contributed by atoms with Crippen LogP contribution in [0.4, 0.5) is 5.13 Å². The topological polar surface area (TPSA) is 75.9 Å². The van der Waals surface area contributed by atoms with Crippen LogP contribution in [0.5, 0.6) is 0 Å². The molecule has 8 heteroatoms. The zero-order valence-corrected chi connectivity index (χ0v) is 17.7. The van der Waals surface area contributed by atoms with E-state index < -0.39 is 11.4 Å². The molecule has 4 aromatic rings. The molecule has 2 aromatic carbocycles. The van der Waals surface area contributed by atoms with Crippen LogP contribution in [0.25, 0.3) is 22.8 Å². The van der Waals surface area contributed by atoms with Gasteiger partial charge < -0.3 is 4.90 Å². The van der Waals surface area contributed by atoms with Gasteiger partial charge in [0, 0.05) is 14.1 Å². The normalized spacial score (nSPS) is 11.3. The van der Waals surface area contributed by atoms with Gasteiger partial charge in [-0.05, 0) is 30.7 Å². The number of aryl methyl sites for hydroxylation is 1. The molecule has 0 atom stereocenters. The maximum absolute atomic E-state index is 13.1. The summed E-state index contributed by atoms with van der Waals surface area (Å²) in [6.07, 6.45) is 3.79. The Labute approximate surface area is 177 Å². The molecule has 0 aliphatic rings. The van der Waals surface area contributed by atoms with Crippen LogP contribution in [-0.2, 0) is 0 Å². The fourth-order valence-electron chi connectivity index (χ4n) is 2.95. The third-order valence-electron chi connectivity index (χ3n) is 4.53. The fraction of sp³-hybridized carbons (Fsp3) is 0.136. The number of aromatic amines is 1. The molecule has 2 heterocycles. The minimum Gasteiger partial charge on any atom is -0.354 e. The molecule has 0 fully saturated rings. The number of hydrogen-bond donors (Lipinski definition) is 1. The second-order valence-corrected chi connectivity index (χ2v) is 7.99. The number of benzene rings is 2. The summed E-state index contributed by atoms with van der Waals surface area (Å²) in [6.45, 7) is 2.04. The fourth-order valence-corrected chi connectivity index (χ4v) is 3.88. The van der Waals surface area contributed by atoms with Gasteiger partial charge in [-0.3, -0.25) is 0 Å². The molecule has 7 nitrogen and oxygen atoms in total. The third-order valence-corrected chi connectivity index (χ3v) is 5.75. The van der Waals surface area contributed by atoms with E-state index in [0.29, 0.717) is 16.4 Å². The Morgan fingerprint density at radius 2 is 1.70 bits per heavy atom. The van der Waals surface area contributed by atoms with Crippen molar-refractivity contribution >= 4 is 28.6 Å². The maximum Gasteiger partial charge on any atom is 0.357 e. The lowest BCUT2D eigenvalue weighted by molar-refractivity contribution is 0.837. The quantitative estimate of drug-likeness (QED) is 0.538. The lowest BCUT2D eigenvalue weighted by atomic mass is 10.1. The van der Waals surface area contributed by atoms with E-state index in [1.165, 1.54) is 21.6 Å². The van der Waals surface area contributed by atoms with Crippen molar-refractivity contribution in [2.24, 2.45) is 0 Å². The van der Waals surface area contributed by atoms with Gasteiger partial charge in [-0.1, -0.05) is 65.4 Å². The van der Waals surface area contributed by atoms with Crippen LogP contribution in [0.15, 0.2) is 64.2 Å². The van der Waals surface area contributed by atoms with E-state index in [4.69, 9.17) is 0 Å². The monoisotopic (exact) mass is 419 g/mol. The summed E-state index contributed by atoms with van der Waals surface area (Å²) in [5.74, 6) is 0. The van der Waals surface area contributed by atoms with Crippen molar-refractivity contribution in [1.29, 1.82) is 0 Å². The number of rotatable bonds is 5. The summed E-state index contributed by atoms with van der Waals surface area (Å²) in [5.41, 5.74) is 2.35. The van der Waals surface area contributed by atoms with Gasteiger partial charge in [-0.25, -0.2) is 24.2 Å². The smallest absolute Gasteiger partial charge is 0.354 e. The van der Waals surface area contributed by atoms with Crippen molar-refractivity contribution in [3.8, 4) is 10.7 Å². The Bertz CT molecular complexity index is 1310. The lowest BCUT2D eigenvalue weighted by Crippen LogP contribution is -2.26. The Morgan fingerprint density at radius 3 is 2.37 bits per heavy atom. The minimum atomic E-state index is -0.500. The molecule has 0 saturated heterocycles. The van der Waals surface area contributed by atoms with Crippen LogP contribution in [0.1, 0.15) is 16.8 Å². The van der Waals surface area contributed by atoms with Crippen molar-refractivity contribution in [2.75, 3.05) is 19.0 Å². The molecule has 30 heavy (non-hydrogen) atoms. The molecular weight excluding hydrogens is 398 g/mol. The number of para-hydroxylation sites is 1. The Kier molecular flexibility index (Phi) is 5.24. The van der Waals surface area contributed by atoms with Gasteiger partial charge in [-0.15, -0.1) is 0 Å². The molecule has 0 amide bonds. The summed E-state index contributed by atoms with van der Waals surface area (Å²) in [7, 11) is 3.77. The first-order valence-corrected chi connectivity index (χ1v) is 10.2. The van der Waals surface area contributed by atoms with Crippen LogP contribution in [0, 0.1) is 6.92 Å². The molecule has 0 saturated carbocycles. The van der Waals surface area contributed by atoms with E-state index in [0.717, 1.165) is 15.3 Å². The van der Waals surface area contributed by atoms with Crippen molar-refractivity contribution in [3.63, 3.8) is 0 Å². The summed E-state index contributed by atoms with van der Waals surface area (Å²) < 4.78 is 2.37. The molecule has 0 unspecified atom stereocenters. The van der Waals surface area contributed by atoms with Crippen LogP contribution in [0.2, 0.25) is 0 Å². The predicted molar refractivity (Wildman–Crippen MR) is 122 cm³/mol. The van der Waals surface area contributed by atoms with Crippen molar-refractivity contribution in [3.05, 3.63) is 92.4 Å². The van der Waals surface area contributed by atoms with Crippen LogP contribution >= 0.6 is 11.3 Å². The number of thiazole rings is 1. The van der Waals surface area contributed by atoms with Gasteiger partial charge in [0.2, 0.25) is 0 Å². The third kappa shape index (κ3) is 3.77. The number of anilines is 1.